The number of pyridine rings is 2. The van der Waals surface area contributed by atoms with Crippen molar-refractivity contribution in [1.29, 1.82) is 0 Å². The smallest absolute Gasteiger partial charge is 0.212 e. The van der Waals surface area contributed by atoms with Crippen LogP contribution in [-0.4, -0.2) is 47.8 Å². The lowest BCUT2D eigenvalue weighted by atomic mass is 10.1. The van der Waals surface area contributed by atoms with Crippen molar-refractivity contribution < 1.29 is 18.7 Å². The van der Waals surface area contributed by atoms with Gasteiger partial charge in [0.15, 0.2) is 11.6 Å². The Balaban J connectivity index is 1.78. The standard InChI is InChI=1S/C18H20ClFN4O3/c1-18(2)9-26-8-11(27-18)6-22-17-14(20)3-4-15(24-17)12-5-16(23-10-25)21-7-13(12)19/h3-5,7,10-11H,6,8-9H2,1-2H3,(H,22,24)(H,21,23,25). The highest BCUT2D eigenvalue weighted by Gasteiger charge is 2.29. The molecule has 144 valence electrons. The van der Waals surface area contributed by atoms with Crippen molar-refractivity contribution in [2.75, 3.05) is 30.4 Å². The summed E-state index contributed by atoms with van der Waals surface area (Å²) in [5, 5.41) is 5.75. The molecule has 0 spiro atoms. The highest BCUT2D eigenvalue weighted by Crippen LogP contribution is 2.29. The van der Waals surface area contributed by atoms with Crippen molar-refractivity contribution in [2.24, 2.45) is 0 Å². The van der Waals surface area contributed by atoms with Crippen molar-refractivity contribution >= 4 is 29.6 Å². The van der Waals surface area contributed by atoms with Gasteiger partial charge in [0.25, 0.3) is 0 Å². The van der Waals surface area contributed by atoms with Crippen molar-refractivity contribution in [3.8, 4) is 11.3 Å². The Morgan fingerprint density at radius 1 is 1.44 bits per heavy atom. The van der Waals surface area contributed by atoms with Gasteiger partial charge in [-0.15, -0.1) is 0 Å². The lowest BCUT2D eigenvalue weighted by Gasteiger charge is -2.36. The molecule has 0 saturated carbocycles. The first-order valence-electron chi connectivity index (χ1n) is 8.40. The quantitative estimate of drug-likeness (QED) is 0.732. The Kier molecular flexibility index (Phi) is 5.88. The maximum atomic E-state index is 14.2. The Bertz CT molecular complexity index is 834. The minimum Gasteiger partial charge on any atom is -0.376 e. The monoisotopic (exact) mass is 394 g/mol. The molecule has 1 aliphatic rings. The first kappa shape index (κ1) is 19.5. The van der Waals surface area contributed by atoms with Gasteiger partial charge in [0.05, 0.1) is 35.6 Å². The number of anilines is 2. The summed E-state index contributed by atoms with van der Waals surface area (Å²) in [7, 11) is 0. The van der Waals surface area contributed by atoms with Crippen molar-refractivity contribution in [3.63, 3.8) is 0 Å². The molecule has 2 aromatic rings. The number of halogens is 2. The number of carbonyl (C=O) groups is 1. The van der Waals surface area contributed by atoms with Crippen molar-refractivity contribution in [1.82, 2.24) is 9.97 Å². The van der Waals surface area contributed by atoms with Crippen LogP contribution < -0.4 is 10.6 Å². The van der Waals surface area contributed by atoms with Crippen LogP contribution in [-0.2, 0) is 14.3 Å². The van der Waals surface area contributed by atoms with Crippen LogP contribution in [0.4, 0.5) is 16.0 Å². The van der Waals surface area contributed by atoms with E-state index in [0.717, 1.165) is 0 Å². The third-order valence-corrected chi connectivity index (χ3v) is 4.22. The summed E-state index contributed by atoms with van der Waals surface area (Å²) in [4.78, 5) is 18.9. The van der Waals surface area contributed by atoms with Gasteiger partial charge in [0.1, 0.15) is 5.82 Å². The first-order valence-corrected chi connectivity index (χ1v) is 8.78. The lowest BCUT2D eigenvalue weighted by Crippen LogP contribution is -2.45. The fraction of sp³-hybridized carbons (Fsp3) is 0.389. The zero-order valence-electron chi connectivity index (χ0n) is 15.0. The largest absolute Gasteiger partial charge is 0.376 e. The molecule has 0 bridgehead atoms. The van der Waals surface area contributed by atoms with Crippen LogP contribution >= 0.6 is 11.6 Å². The molecule has 3 heterocycles. The molecule has 1 fully saturated rings. The molecule has 1 amide bonds. The molecule has 0 aliphatic carbocycles. The van der Waals surface area contributed by atoms with E-state index in [2.05, 4.69) is 20.6 Å². The van der Waals surface area contributed by atoms with Crippen molar-refractivity contribution in [2.45, 2.75) is 25.6 Å². The summed E-state index contributed by atoms with van der Waals surface area (Å²) in [6.07, 6.45) is 1.70. The third kappa shape index (κ3) is 4.91. The predicted octanol–water partition coefficient (Wildman–Crippen LogP) is 3.11. The highest BCUT2D eigenvalue weighted by molar-refractivity contribution is 6.33. The molecule has 2 N–H and O–H groups in total. The fourth-order valence-electron chi connectivity index (χ4n) is 2.76. The maximum Gasteiger partial charge on any atom is 0.212 e. The molecule has 3 rings (SSSR count). The van der Waals surface area contributed by atoms with E-state index < -0.39 is 5.82 Å². The fourth-order valence-corrected chi connectivity index (χ4v) is 2.96. The summed E-state index contributed by atoms with van der Waals surface area (Å²) in [5.41, 5.74) is 0.587. The van der Waals surface area contributed by atoms with Gasteiger partial charge in [-0.1, -0.05) is 11.6 Å². The Morgan fingerprint density at radius 3 is 3.00 bits per heavy atom. The number of nitrogens with one attached hydrogen (secondary N) is 2. The number of nitrogens with zero attached hydrogens (tertiary/aromatic N) is 2. The SMILES string of the molecule is CC1(C)COCC(CNc2nc(-c3cc(NC=O)ncc3Cl)ccc2F)O1. The van der Waals surface area contributed by atoms with Gasteiger partial charge in [-0.3, -0.25) is 4.79 Å². The molecular formula is C18H20ClFN4O3. The van der Waals surface area contributed by atoms with E-state index in [-0.39, 0.29) is 17.5 Å². The molecule has 7 nitrogen and oxygen atoms in total. The minimum absolute atomic E-state index is 0.0808. The topological polar surface area (TPSA) is 85.4 Å². The van der Waals surface area contributed by atoms with E-state index in [1.165, 1.54) is 18.3 Å². The van der Waals surface area contributed by atoms with Gasteiger partial charge in [0.2, 0.25) is 6.41 Å². The van der Waals surface area contributed by atoms with Gasteiger partial charge in [-0.05, 0) is 32.0 Å². The summed E-state index contributed by atoms with van der Waals surface area (Å²) in [6, 6.07) is 4.38. The number of hydrogen-bond donors (Lipinski definition) is 2. The lowest BCUT2D eigenvalue weighted by molar-refractivity contribution is -0.177. The number of aromatic nitrogens is 2. The molecule has 2 aromatic heterocycles. The van der Waals surface area contributed by atoms with E-state index in [4.69, 9.17) is 21.1 Å². The minimum atomic E-state index is -0.494. The zero-order chi connectivity index (χ0) is 19.4. The van der Waals surface area contributed by atoms with Crippen LogP contribution in [0, 0.1) is 5.82 Å². The molecule has 1 aliphatic heterocycles. The normalized spacial score (nSPS) is 18.7. The van der Waals surface area contributed by atoms with E-state index in [0.29, 0.717) is 48.3 Å². The van der Waals surface area contributed by atoms with E-state index in [1.807, 2.05) is 13.8 Å². The third-order valence-electron chi connectivity index (χ3n) is 3.92. The van der Waals surface area contributed by atoms with E-state index in [1.54, 1.807) is 6.07 Å². The second kappa shape index (κ2) is 8.16. The first-order chi connectivity index (χ1) is 12.9. The van der Waals surface area contributed by atoms with Crippen LogP contribution in [0.25, 0.3) is 11.3 Å². The van der Waals surface area contributed by atoms with Crippen LogP contribution in [0.5, 0.6) is 0 Å². The average Bonchev–Trinajstić information content (AvgIpc) is 2.62. The Hall–Kier alpha value is -2.29. The molecule has 1 unspecified atom stereocenters. The number of carbonyl (C=O) groups excluding carboxylic acids is 1. The molecule has 9 heteroatoms. The molecule has 0 radical (unpaired) electrons. The molecule has 1 saturated heterocycles. The Morgan fingerprint density at radius 2 is 2.26 bits per heavy atom. The molecule has 0 aromatic carbocycles. The second-order valence-corrected chi connectivity index (χ2v) is 7.14. The van der Waals surface area contributed by atoms with Gasteiger partial charge < -0.3 is 20.1 Å². The van der Waals surface area contributed by atoms with Gasteiger partial charge >= 0.3 is 0 Å². The number of rotatable bonds is 6. The molecule has 27 heavy (non-hydrogen) atoms. The average molecular weight is 395 g/mol. The summed E-state index contributed by atoms with van der Waals surface area (Å²) >= 11 is 6.18. The Labute approximate surface area is 161 Å². The maximum absolute atomic E-state index is 14.2. The van der Waals surface area contributed by atoms with E-state index >= 15 is 0 Å². The summed E-state index contributed by atoms with van der Waals surface area (Å²) in [6.45, 7) is 5.17. The predicted molar refractivity (Wildman–Crippen MR) is 100 cm³/mol. The summed E-state index contributed by atoms with van der Waals surface area (Å²) < 4.78 is 25.6. The van der Waals surface area contributed by atoms with Crippen LogP contribution in [0.3, 0.4) is 0 Å². The second-order valence-electron chi connectivity index (χ2n) is 6.73. The number of hydrogen-bond acceptors (Lipinski definition) is 6. The number of ether oxygens (including phenoxy) is 2. The highest BCUT2D eigenvalue weighted by atomic mass is 35.5. The number of amides is 1. The molecular weight excluding hydrogens is 375 g/mol. The van der Waals surface area contributed by atoms with E-state index in [9.17, 15) is 9.18 Å². The van der Waals surface area contributed by atoms with Crippen LogP contribution in [0.2, 0.25) is 5.02 Å². The van der Waals surface area contributed by atoms with Gasteiger partial charge in [-0.25, -0.2) is 14.4 Å². The van der Waals surface area contributed by atoms with Gasteiger partial charge in [-0.2, -0.15) is 0 Å². The summed E-state index contributed by atoms with van der Waals surface area (Å²) in [5.74, 6) is -0.0940. The van der Waals surface area contributed by atoms with Gasteiger partial charge in [0, 0.05) is 18.3 Å². The van der Waals surface area contributed by atoms with Crippen molar-refractivity contribution in [3.05, 3.63) is 35.2 Å². The zero-order valence-corrected chi connectivity index (χ0v) is 15.7. The van der Waals surface area contributed by atoms with Crippen LogP contribution in [0.15, 0.2) is 24.4 Å². The van der Waals surface area contributed by atoms with Crippen LogP contribution in [0.1, 0.15) is 13.8 Å². The molecule has 1 atom stereocenters.